The number of nitrogens with zero attached hydrogens (tertiary/aromatic N) is 1. The molecule has 1 aromatic carbocycles. The third-order valence-corrected chi connectivity index (χ3v) is 6.69. The predicted octanol–water partition coefficient (Wildman–Crippen LogP) is 1.90. The maximum atomic E-state index is 12.5. The second-order valence-corrected chi connectivity index (χ2v) is 9.35. The maximum absolute atomic E-state index is 12.5. The molecule has 1 fully saturated rings. The van der Waals surface area contributed by atoms with E-state index in [2.05, 4.69) is 10.3 Å². The second-order valence-electron chi connectivity index (χ2n) is 6.95. The van der Waals surface area contributed by atoms with Gasteiger partial charge in [-0.3, -0.25) is 9.59 Å². The van der Waals surface area contributed by atoms with E-state index in [0.717, 1.165) is 11.1 Å². The summed E-state index contributed by atoms with van der Waals surface area (Å²) in [6, 6.07) is 9.02. The van der Waals surface area contributed by atoms with Gasteiger partial charge in [0.1, 0.15) is 5.69 Å². The molecule has 1 saturated heterocycles. The summed E-state index contributed by atoms with van der Waals surface area (Å²) in [6.45, 7) is 4.01. The summed E-state index contributed by atoms with van der Waals surface area (Å²) in [6.07, 6.45) is 1.46. The number of hydrogen-bond acceptors (Lipinski definition) is 4. The summed E-state index contributed by atoms with van der Waals surface area (Å²) in [5.74, 6) is -0.765. The van der Waals surface area contributed by atoms with Gasteiger partial charge >= 0.3 is 0 Å². The Labute approximate surface area is 158 Å². The van der Waals surface area contributed by atoms with Crippen LogP contribution in [0.3, 0.4) is 0 Å². The van der Waals surface area contributed by atoms with Gasteiger partial charge in [-0.2, -0.15) is 0 Å². The van der Waals surface area contributed by atoms with Gasteiger partial charge in [0.25, 0.3) is 5.91 Å². The number of sulfone groups is 1. The number of carbonyl (C=O) groups is 2. The highest BCUT2D eigenvalue weighted by Gasteiger charge is 2.36. The molecule has 144 valence electrons. The van der Waals surface area contributed by atoms with E-state index in [0.29, 0.717) is 11.4 Å². The molecule has 0 saturated carbocycles. The van der Waals surface area contributed by atoms with E-state index in [1.54, 1.807) is 18.3 Å². The normalized spacial score (nSPS) is 18.9. The quantitative estimate of drug-likeness (QED) is 0.834. The summed E-state index contributed by atoms with van der Waals surface area (Å²) in [5.41, 5.74) is 3.08. The lowest BCUT2D eigenvalue weighted by molar-refractivity contribution is -0.116. The number of amides is 2. The summed E-state index contributed by atoms with van der Waals surface area (Å²) in [7, 11) is -3.43. The van der Waals surface area contributed by atoms with Gasteiger partial charge in [0.2, 0.25) is 5.91 Å². The predicted molar refractivity (Wildman–Crippen MR) is 103 cm³/mol. The highest BCUT2D eigenvalue weighted by atomic mass is 32.2. The van der Waals surface area contributed by atoms with Crippen LogP contribution in [0.4, 0.5) is 5.69 Å². The fourth-order valence-corrected chi connectivity index (χ4v) is 4.95. The van der Waals surface area contributed by atoms with Crippen molar-refractivity contribution in [2.75, 3.05) is 24.2 Å². The van der Waals surface area contributed by atoms with Crippen LogP contribution in [0.15, 0.2) is 36.5 Å². The van der Waals surface area contributed by atoms with Crippen LogP contribution in [-0.4, -0.2) is 54.2 Å². The summed E-state index contributed by atoms with van der Waals surface area (Å²) >= 11 is 0. The van der Waals surface area contributed by atoms with Crippen molar-refractivity contribution in [3.05, 3.63) is 53.3 Å². The van der Waals surface area contributed by atoms with Crippen LogP contribution < -0.4 is 5.32 Å². The molecule has 0 spiro atoms. The SMILES string of the molecule is Cc1cc(C)cc(NC(=O)CC2CN(C(=O)c3ccc[nH]3)CCS2(=O)=O)c1. The Kier molecular flexibility index (Phi) is 5.36. The molecule has 27 heavy (non-hydrogen) atoms. The first-order valence-electron chi connectivity index (χ1n) is 8.77. The van der Waals surface area contributed by atoms with Crippen LogP contribution in [0.1, 0.15) is 28.0 Å². The minimum atomic E-state index is -3.43. The first kappa shape index (κ1) is 19.2. The molecule has 3 rings (SSSR count). The summed E-state index contributed by atoms with van der Waals surface area (Å²) in [5, 5.41) is 1.86. The molecule has 0 radical (unpaired) electrons. The minimum absolute atomic E-state index is 0.0143. The fraction of sp³-hybridized carbons (Fsp3) is 0.368. The highest BCUT2D eigenvalue weighted by Crippen LogP contribution is 2.19. The van der Waals surface area contributed by atoms with Crippen LogP contribution in [-0.2, 0) is 14.6 Å². The van der Waals surface area contributed by atoms with Crippen molar-refractivity contribution in [1.29, 1.82) is 0 Å². The molecule has 1 aromatic heterocycles. The van der Waals surface area contributed by atoms with Crippen molar-refractivity contribution < 1.29 is 18.0 Å². The van der Waals surface area contributed by atoms with Crippen molar-refractivity contribution in [2.45, 2.75) is 25.5 Å². The van der Waals surface area contributed by atoms with Gasteiger partial charge in [0.15, 0.2) is 9.84 Å². The first-order chi connectivity index (χ1) is 12.7. The molecule has 1 atom stereocenters. The number of aromatic nitrogens is 1. The Morgan fingerprint density at radius 3 is 2.56 bits per heavy atom. The van der Waals surface area contributed by atoms with Crippen LogP contribution >= 0.6 is 0 Å². The lowest BCUT2D eigenvalue weighted by atomic mass is 10.1. The molecule has 2 heterocycles. The highest BCUT2D eigenvalue weighted by molar-refractivity contribution is 7.92. The largest absolute Gasteiger partial charge is 0.357 e. The zero-order valence-electron chi connectivity index (χ0n) is 15.4. The van der Waals surface area contributed by atoms with Crippen LogP contribution in [0.2, 0.25) is 0 Å². The van der Waals surface area contributed by atoms with Gasteiger partial charge in [0.05, 0.1) is 11.0 Å². The second kappa shape index (κ2) is 7.56. The van der Waals surface area contributed by atoms with E-state index >= 15 is 0 Å². The monoisotopic (exact) mass is 389 g/mol. The molecule has 0 aliphatic carbocycles. The third kappa shape index (κ3) is 4.57. The first-order valence-corrected chi connectivity index (χ1v) is 10.5. The number of rotatable bonds is 4. The Morgan fingerprint density at radius 1 is 1.22 bits per heavy atom. The summed E-state index contributed by atoms with van der Waals surface area (Å²) < 4.78 is 24.8. The zero-order chi connectivity index (χ0) is 19.6. The van der Waals surface area contributed by atoms with Gasteiger partial charge in [-0.1, -0.05) is 6.07 Å². The van der Waals surface area contributed by atoms with Crippen molar-refractivity contribution in [2.24, 2.45) is 0 Å². The minimum Gasteiger partial charge on any atom is -0.357 e. The van der Waals surface area contributed by atoms with Crippen molar-refractivity contribution in [3.63, 3.8) is 0 Å². The Bertz CT molecular complexity index is 931. The summed E-state index contributed by atoms with van der Waals surface area (Å²) in [4.78, 5) is 29.2. The number of nitrogens with one attached hydrogen (secondary N) is 2. The van der Waals surface area contributed by atoms with E-state index in [1.807, 2.05) is 32.0 Å². The topological polar surface area (TPSA) is 99.3 Å². The van der Waals surface area contributed by atoms with Crippen molar-refractivity contribution >= 4 is 27.3 Å². The van der Waals surface area contributed by atoms with E-state index in [1.165, 1.54) is 4.90 Å². The number of hydrogen-bond donors (Lipinski definition) is 2. The lowest BCUT2D eigenvalue weighted by Crippen LogP contribution is -2.50. The van der Waals surface area contributed by atoms with Gasteiger partial charge in [-0.05, 0) is 49.2 Å². The zero-order valence-corrected chi connectivity index (χ0v) is 16.2. The number of aromatic amines is 1. The van der Waals surface area contributed by atoms with Crippen molar-refractivity contribution in [3.8, 4) is 0 Å². The number of benzene rings is 1. The maximum Gasteiger partial charge on any atom is 0.270 e. The molecular weight excluding hydrogens is 366 g/mol. The van der Waals surface area contributed by atoms with Gasteiger partial charge in [0, 0.05) is 31.4 Å². The van der Waals surface area contributed by atoms with Crippen LogP contribution in [0, 0.1) is 13.8 Å². The molecular formula is C19H23N3O4S. The molecule has 7 nitrogen and oxygen atoms in total. The van der Waals surface area contributed by atoms with Gasteiger partial charge in [-0.15, -0.1) is 0 Å². The number of H-pyrrole nitrogens is 1. The Balaban J connectivity index is 1.69. The third-order valence-electron chi connectivity index (χ3n) is 4.61. The van der Waals surface area contributed by atoms with Gasteiger partial charge < -0.3 is 15.2 Å². The molecule has 2 amide bonds. The Hall–Kier alpha value is -2.61. The average molecular weight is 389 g/mol. The number of carbonyl (C=O) groups excluding carboxylic acids is 2. The fourth-order valence-electron chi connectivity index (χ4n) is 3.33. The van der Waals surface area contributed by atoms with E-state index in [-0.39, 0.29) is 37.1 Å². The average Bonchev–Trinajstić information content (AvgIpc) is 3.09. The standard InChI is InChI=1S/C19H23N3O4S/c1-13-8-14(2)10-15(9-13)21-18(23)11-16-12-22(6-7-27(16,25)26)19(24)17-4-3-5-20-17/h3-5,8-10,16,20H,6-7,11-12H2,1-2H3,(H,21,23). The smallest absolute Gasteiger partial charge is 0.270 e. The molecule has 1 aliphatic rings. The molecule has 1 aliphatic heterocycles. The van der Waals surface area contributed by atoms with Crippen LogP contribution in [0.25, 0.3) is 0 Å². The molecule has 2 aromatic rings. The van der Waals surface area contributed by atoms with Crippen LogP contribution in [0.5, 0.6) is 0 Å². The number of anilines is 1. The lowest BCUT2D eigenvalue weighted by Gasteiger charge is -2.32. The van der Waals surface area contributed by atoms with E-state index in [4.69, 9.17) is 0 Å². The van der Waals surface area contributed by atoms with E-state index < -0.39 is 15.1 Å². The number of aryl methyl sites for hydroxylation is 2. The molecule has 1 unspecified atom stereocenters. The van der Waals surface area contributed by atoms with Crippen molar-refractivity contribution in [1.82, 2.24) is 9.88 Å². The molecule has 8 heteroatoms. The molecule has 2 N–H and O–H groups in total. The van der Waals surface area contributed by atoms with E-state index in [9.17, 15) is 18.0 Å². The molecule has 0 bridgehead atoms. The Morgan fingerprint density at radius 2 is 1.93 bits per heavy atom. The van der Waals surface area contributed by atoms with Gasteiger partial charge in [-0.25, -0.2) is 8.42 Å².